The van der Waals surface area contributed by atoms with Crippen molar-refractivity contribution >= 4 is 34.8 Å². The maximum Gasteiger partial charge on any atom is 0.390 e. The summed E-state index contributed by atoms with van der Waals surface area (Å²) in [6.07, 6.45) is -5.86. The lowest BCUT2D eigenvalue weighted by atomic mass is 10.1. The van der Waals surface area contributed by atoms with Gasteiger partial charge in [0.2, 0.25) is 0 Å². The van der Waals surface area contributed by atoms with E-state index in [2.05, 4.69) is 16.0 Å². The van der Waals surface area contributed by atoms with Gasteiger partial charge in [-0.15, -0.1) is 0 Å². The van der Waals surface area contributed by atoms with Gasteiger partial charge < -0.3 is 25.6 Å². The number of benzene rings is 2. The molecule has 3 N–H and O–H groups in total. The number of rotatable bonds is 8. The highest BCUT2D eigenvalue weighted by Crippen LogP contribution is 2.31. The molecule has 0 bridgehead atoms. The molecule has 2 heterocycles. The third-order valence-electron chi connectivity index (χ3n) is 6.71. The molecule has 0 aliphatic carbocycles. The molecular weight excluding hydrogens is 561 g/mol. The average molecular weight is 590 g/mol. The van der Waals surface area contributed by atoms with Crippen molar-refractivity contribution in [2.45, 2.75) is 25.2 Å². The molecule has 2 amide bonds. The molecule has 0 radical (unpaired) electrons. The van der Waals surface area contributed by atoms with Gasteiger partial charge in [-0.2, -0.15) is 13.2 Å². The summed E-state index contributed by atoms with van der Waals surface area (Å²) in [6.45, 7) is 2.40. The van der Waals surface area contributed by atoms with E-state index in [1.165, 1.54) is 18.2 Å². The molecule has 0 unspecified atom stereocenters. The zero-order valence-corrected chi connectivity index (χ0v) is 22.2. The van der Waals surface area contributed by atoms with Crippen molar-refractivity contribution in [2.24, 2.45) is 0 Å². The normalized spacial score (nSPS) is 18.4. The lowest BCUT2D eigenvalue weighted by molar-refractivity contribution is -0.138. The van der Waals surface area contributed by atoms with Gasteiger partial charge >= 0.3 is 6.18 Å². The first-order valence-electron chi connectivity index (χ1n) is 12.7. The predicted molar refractivity (Wildman–Crippen MR) is 140 cm³/mol. The van der Waals surface area contributed by atoms with E-state index in [1.54, 1.807) is 11.0 Å². The van der Waals surface area contributed by atoms with Crippen LogP contribution in [0.2, 0.25) is 5.02 Å². The molecule has 4 rings (SSSR count). The Morgan fingerprint density at radius 2 is 1.82 bits per heavy atom. The molecule has 2 aromatic rings. The average Bonchev–Trinajstić information content (AvgIpc) is 2.94. The van der Waals surface area contributed by atoms with E-state index in [4.69, 9.17) is 16.3 Å². The number of morpholine rings is 1. The van der Waals surface area contributed by atoms with Crippen molar-refractivity contribution in [2.75, 3.05) is 62.6 Å². The topological polar surface area (TPSA) is 85.9 Å². The fourth-order valence-corrected chi connectivity index (χ4v) is 4.66. The first kappa shape index (κ1) is 30.0. The van der Waals surface area contributed by atoms with Crippen molar-refractivity contribution < 1.29 is 36.3 Å². The van der Waals surface area contributed by atoms with E-state index in [1.807, 2.05) is 4.90 Å². The molecule has 2 aromatic carbocycles. The minimum absolute atomic E-state index is 0.105. The molecule has 2 aliphatic heterocycles. The van der Waals surface area contributed by atoms with Gasteiger partial charge in [-0.1, -0.05) is 17.7 Å². The van der Waals surface area contributed by atoms with Crippen LogP contribution in [0.15, 0.2) is 30.3 Å². The summed E-state index contributed by atoms with van der Waals surface area (Å²) < 4.78 is 72.7. The van der Waals surface area contributed by atoms with Gasteiger partial charge in [-0.05, 0) is 24.3 Å². The number of halogens is 6. The standard InChI is InChI=1S/C26H29ClF5N5O3/c27-17-2-4-19(20(13-17)37-10-8-36(9-11-37)7-5-26(30,31)32)35-24(38)18-3-1-16(22(28)23(18)29)14-34-25(39)21-15-33-6-12-40-21/h1-4,13,21,33H,5-12,14-15H2,(H,34,39)(H,35,38)/t21-/m0/s1. The summed E-state index contributed by atoms with van der Waals surface area (Å²) in [5.74, 6) is -4.00. The molecule has 0 spiro atoms. The number of nitrogens with one attached hydrogen (secondary N) is 3. The molecule has 2 aliphatic rings. The fourth-order valence-electron chi connectivity index (χ4n) is 4.49. The maximum atomic E-state index is 14.9. The molecule has 1 atom stereocenters. The lowest BCUT2D eigenvalue weighted by Crippen LogP contribution is -2.47. The second-order valence-corrected chi connectivity index (χ2v) is 9.93. The van der Waals surface area contributed by atoms with Gasteiger partial charge in [0.25, 0.3) is 11.8 Å². The van der Waals surface area contributed by atoms with E-state index in [-0.39, 0.29) is 24.3 Å². The molecule has 0 aromatic heterocycles. The third kappa shape index (κ3) is 7.80. The Labute approximate surface area is 232 Å². The van der Waals surface area contributed by atoms with Crippen LogP contribution in [-0.2, 0) is 16.1 Å². The summed E-state index contributed by atoms with van der Waals surface area (Å²) in [5, 5.41) is 8.46. The van der Waals surface area contributed by atoms with Crippen LogP contribution in [0.25, 0.3) is 0 Å². The van der Waals surface area contributed by atoms with Gasteiger partial charge in [0.1, 0.15) is 6.10 Å². The molecule has 2 saturated heterocycles. The van der Waals surface area contributed by atoms with Crippen LogP contribution in [-0.4, -0.2) is 81.4 Å². The number of alkyl halides is 3. The Morgan fingerprint density at radius 3 is 2.50 bits per heavy atom. The van der Waals surface area contributed by atoms with Crippen molar-refractivity contribution in [1.29, 1.82) is 0 Å². The summed E-state index contributed by atoms with van der Waals surface area (Å²) in [7, 11) is 0. The van der Waals surface area contributed by atoms with Gasteiger partial charge in [-0.25, -0.2) is 8.78 Å². The van der Waals surface area contributed by atoms with Gasteiger partial charge in [0.05, 0.1) is 30.0 Å². The van der Waals surface area contributed by atoms with Crippen LogP contribution in [0, 0.1) is 11.6 Å². The molecule has 14 heteroatoms. The van der Waals surface area contributed by atoms with Crippen molar-refractivity contribution in [3.8, 4) is 0 Å². The van der Waals surface area contributed by atoms with Crippen LogP contribution < -0.4 is 20.9 Å². The number of carbonyl (C=O) groups is 2. The molecule has 2 fully saturated rings. The maximum absolute atomic E-state index is 14.9. The molecular formula is C26H29ClF5N5O3. The van der Waals surface area contributed by atoms with Crippen LogP contribution in [0.5, 0.6) is 0 Å². The molecule has 40 heavy (non-hydrogen) atoms. The number of nitrogens with zero attached hydrogens (tertiary/aromatic N) is 2. The zero-order chi connectivity index (χ0) is 28.9. The summed E-state index contributed by atoms with van der Waals surface area (Å²) in [6, 6.07) is 6.98. The number of hydrogen-bond acceptors (Lipinski definition) is 6. The highest BCUT2D eigenvalue weighted by molar-refractivity contribution is 6.31. The van der Waals surface area contributed by atoms with Crippen LogP contribution >= 0.6 is 11.6 Å². The summed E-state index contributed by atoms with van der Waals surface area (Å²) in [4.78, 5) is 28.7. The summed E-state index contributed by atoms with van der Waals surface area (Å²) in [5.41, 5.74) is 0.123. The second kappa shape index (κ2) is 13.1. The van der Waals surface area contributed by atoms with Crippen molar-refractivity contribution in [1.82, 2.24) is 15.5 Å². The first-order valence-corrected chi connectivity index (χ1v) is 13.1. The van der Waals surface area contributed by atoms with E-state index in [9.17, 15) is 31.5 Å². The number of hydrogen-bond donors (Lipinski definition) is 3. The van der Waals surface area contributed by atoms with Crippen molar-refractivity contribution in [3.63, 3.8) is 0 Å². The number of anilines is 2. The van der Waals surface area contributed by atoms with E-state index >= 15 is 0 Å². The largest absolute Gasteiger partial charge is 0.390 e. The summed E-state index contributed by atoms with van der Waals surface area (Å²) >= 11 is 6.16. The minimum Gasteiger partial charge on any atom is -0.367 e. The van der Waals surface area contributed by atoms with Gasteiger partial charge in [0.15, 0.2) is 11.6 Å². The number of carbonyl (C=O) groups excluding carboxylic acids is 2. The Balaban J connectivity index is 1.40. The van der Waals surface area contributed by atoms with E-state index < -0.39 is 47.7 Å². The lowest BCUT2D eigenvalue weighted by Gasteiger charge is -2.37. The van der Waals surface area contributed by atoms with Crippen molar-refractivity contribution in [3.05, 3.63) is 58.1 Å². The van der Waals surface area contributed by atoms with Gasteiger partial charge in [0, 0.05) is 62.9 Å². The van der Waals surface area contributed by atoms with E-state index in [0.29, 0.717) is 56.6 Å². The van der Waals surface area contributed by atoms with E-state index in [0.717, 1.165) is 6.07 Å². The zero-order valence-electron chi connectivity index (χ0n) is 21.4. The van der Waals surface area contributed by atoms with Crippen LogP contribution in [0.1, 0.15) is 22.3 Å². The smallest absolute Gasteiger partial charge is 0.367 e. The molecule has 0 saturated carbocycles. The second-order valence-electron chi connectivity index (χ2n) is 9.49. The third-order valence-corrected chi connectivity index (χ3v) is 6.95. The highest BCUT2D eigenvalue weighted by atomic mass is 35.5. The quantitative estimate of drug-likeness (QED) is 0.409. The number of amides is 2. The monoisotopic (exact) mass is 589 g/mol. The number of piperazine rings is 1. The fraction of sp³-hybridized carbons (Fsp3) is 0.462. The Morgan fingerprint density at radius 1 is 1.07 bits per heavy atom. The molecule has 218 valence electrons. The Bertz CT molecular complexity index is 1220. The first-order chi connectivity index (χ1) is 19.0. The Kier molecular flexibility index (Phi) is 9.82. The Hall–Kier alpha value is -3.00. The van der Waals surface area contributed by atoms with Crippen LogP contribution in [0.3, 0.4) is 0 Å². The van der Waals surface area contributed by atoms with Gasteiger partial charge in [-0.3, -0.25) is 14.5 Å². The highest BCUT2D eigenvalue weighted by Gasteiger charge is 2.29. The SMILES string of the molecule is O=C(Nc1ccc(Cl)cc1N1CCN(CCC(F)(F)F)CC1)c1ccc(CNC(=O)[C@@H]2CNCCO2)c(F)c1F. The molecule has 8 nitrogen and oxygen atoms in total. The number of ether oxygens (including phenoxy) is 1. The van der Waals surface area contributed by atoms with Crippen LogP contribution in [0.4, 0.5) is 33.3 Å². The predicted octanol–water partition coefficient (Wildman–Crippen LogP) is 3.55. The minimum atomic E-state index is -4.23.